The Hall–Kier alpha value is -2.99. The van der Waals surface area contributed by atoms with Gasteiger partial charge in [-0.2, -0.15) is 13.2 Å². The summed E-state index contributed by atoms with van der Waals surface area (Å²) in [6.45, 7) is 5.88. The second kappa shape index (κ2) is 14.1. The van der Waals surface area contributed by atoms with Crippen LogP contribution in [0.15, 0.2) is 24.5 Å². The van der Waals surface area contributed by atoms with E-state index in [0.29, 0.717) is 38.7 Å². The van der Waals surface area contributed by atoms with E-state index < -0.39 is 23.8 Å². The van der Waals surface area contributed by atoms with Gasteiger partial charge in [-0.1, -0.05) is 6.07 Å². The fourth-order valence-electron chi connectivity index (χ4n) is 4.10. The number of hydrogen-bond donors (Lipinski definition) is 3. The van der Waals surface area contributed by atoms with Crippen molar-refractivity contribution in [2.75, 3.05) is 50.0 Å². The highest BCUT2D eigenvalue weighted by molar-refractivity contribution is 5.76. The van der Waals surface area contributed by atoms with Gasteiger partial charge in [0.2, 0.25) is 5.95 Å². The summed E-state index contributed by atoms with van der Waals surface area (Å²) < 4.78 is 43.6. The van der Waals surface area contributed by atoms with Crippen LogP contribution in [0.1, 0.15) is 49.4 Å². The molecule has 1 aliphatic heterocycles. The fourth-order valence-corrected chi connectivity index (χ4v) is 4.10. The van der Waals surface area contributed by atoms with E-state index in [1.165, 1.54) is 5.56 Å². The first-order valence-electron chi connectivity index (χ1n) is 12.7. The lowest BCUT2D eigenvalue weighted by atomic mass is 10.1. The summed E-state index contributed by atoms with van der Waals surface area (Å²) in [5.74, 6) is -0.292. The van der Waals surface area contributed by atoms with E-state index in [4.69, 9.17) is 9.72 Å². The van der Waals surface area contributed by atoms with E-state index in [0.717, 1.165) is 56.7 Å². The van der Waals surface area contributed by atoms with E-state index in [9.17, 15) is 23.1 Å². The fraction of sp³-hybridized carbons (Fsp3) is 0.600. The molecule has 0 aromatic carbocycles. The van der Waals surface area contributed by atoms with Crippen LogP contribution in [0.5, 0.6) is 0 Å². The van der Waals surface area contributed by atoms with E-state index in [1.807, 2.05) is 6.92 Å². The minimum Gasteiger partial charge on any atom is -0.480 e. The molecule has 0 unspecified atom stereocenters. The molecule has 37 heavy (non-hydrogen) atoms. The molecular weight excluding hydrogens is 489 g/mol. The number of nitrogens with zero attached hydrogens (tertiary/aromatic N) is 4. The molecule has 0 saturated carbocycles. The average Bonchev–Trinajstić information content (AvgIpc) is 2.88. The zero-order chi connectivity index (χ0) is 26.7. The first-order valence-corrected chi connectivity index (χ1v) is 12.7. The Morgan fingerprint density at radius 3 is 2.70 bits per heavy atom. The van der Waals surface area contributed by atoms with Crippen molar-refractivity contribution in [1.29, 1.82) is 0 Å². The second-order valence-corrected chi connectivity index (χ2v) is 8.95. The summed E-state index contributed by atoms with van der Waals surface area (Å²) in [6.07, 6.45) is 1.83. The third-order valence-electron chi connectivity index (χ3n) is 6.18. The summed E-state index contributed by atoms with van der Waals surface area (Å²) >= 11 is 0. The van der Waals surface area contributed by atoms with E-state index >= 15 is 0 Å². The number of alkyl halides is 3. The number of pyridine rings is 1. The van der Waals surface area contributed by atoms with Crippen LogP contribution in [0.3, 0.4) is 0 Å². The van der Waals surface area contributed by atoms with E-state index in [2.05, 4.69) is 37.6 Å². The number of carboxylic acids is 1. The monoisotopic (exact) mass is 524 g/mol. The standard InChI is InChI=1S/C25H35F3N6O3/c1-2-37-15-14-34(12-4-3-7-20-9-8-18-6-5-11-29-22(18)32-20)13-10-21(23(35)36)33-24-30-16-19(17-31-24)25(26,27)28/h8-9,16-17,21H,2-7,10-15H2,1H3,(H,29,32)(H,35,36)(H,30,31,33)/t21-/m0/s1. The number of halogens is 3. The van der Waals surface area contributed by atoms with Crippen LogP contribution in [-0.4, -0.2) is 76.4 Å². The Labute approximate surface area is 214 Å². The molecule has 3 N–H and O–H groups in total. The van der Waals surface area contributed by atoms with Gasteiger partial charge in [0.1, 0.15) is 11.9 Å². The van der Waals surface area contributed by atoms with Gasteiger partial charge in [0.15, 0.2) is 0 Å². The number of aromatic nitrogens is 3. The quantitative estimate of drug-likeness (QED) is 0.299. The van der Waals surface area contributed by atoms with Crippen molar-refractivity contribution in [3.05, 3.63) is 41.3 Å². The van der Waals surface area contributed by atoms with Gasteiger partial charge >= 0.3 is 12.1 Å². The SMILES string of the molecule is CCOCCN(CCCCc1ccc2c(n1)NCCC2)CC[C@H](Nc1ncc(C(F)(F)F)cn1)C(=O)O. The Morgan fingerprint density at radius 1 is 1.22 bits per heavy atom. The van der Waals surface area contributed by atoms with Gasteiger partial charge in [-0.25, -0.2) is 19.7 Å². The molecule has 0 radical (unpaired) electrons. The number of anilines is 2. The van der Waals surface area contributed by atoms with Crippen molar-refractivity contribution >= 4 is 17.7 Å². The normalized spacial score (nSPS) is 14.2. The molecule has 0 bridgehead atoms. The first-order chi connectivity index (χ1) is 17.8. The molecule has 2 aromatic heterocycles. The lowest BCUT2D eigenvalue weighted by Gasteiger charge is -2.24. The van der Waals surface area contributed by atoms with Gasteiger partial charge in [0.25, 0.3) is 0 Å². The van der Waals surface area contributed by atoms with E-state index in [1.54, 1.807) is 0 Å². The maximum atomic E-state index is 12.7. The van der Waals surface area contributed by atoms with Crippen molar-refractivity contribution in [2.24, 2.45) is 0 Å². The zero-order valence-corrected chi connectivity index (χ0v) is 21.1. The summed E-state index contributed by atoms with van der Waals surface area (Å²) in [5, 5.41) is 15.6. The number of hydrogen-bond acceptors (Lipinski definition) is 8. The lowest BCUT2D eigenvalue weighted by Crippen LogP contribution is -2.37. The minimum absolute atomic E-state index is 0.159. The number of ether oxygens (including phenoxy) is 1. The second-order valence-electron chi connectivity index (χ2n) is 8.95. The molecule has 0 fully saturated rings. The van der Waals surface area contributed by atoms with E-state index in [-0.39, 0.29) is 12.4 Å². The van der Waals surface area contributed by atoms with Gasteiger partial charge < -0.3 is 25.4 Å². The maximum absolute atomic E-state index is 12.7. The maximum Gasteiger partial charge on any atom is 0.419 e. The van der Waals surface area contributed by atoms with Gasteiger partial charge in [-0.05, 0) is 63.6 Å². The summed E-state index contributed by atoms with van der Waals surface area (Å²) in [5.41, 5.74) is 1.33. The molecular formula is C25H35F3N6O3. The molecule has 1 atom stereocenters. The number of carbonyl (C=O) groups is 1. The number of aliphatic carboxylic acids is 1. The van der Waals surface area contributed by atoms with Crippen LogP contribution in [0.25, 0.3) is 0 Å². The molecule has 12 heteroatoms. The number of carboxylic acid groups (broad SMARTS) is 1. The van der Waals surface area contributed by atoms with Crippen LogP contribution >= 0.6 is 0 Å². The highest BCUT2D eigenvalue weighted by atomic mass is 19.4. The summed E-state index contributed by atoms with van der Waals surface area (Å²) in [4.78, 5) is 25.9. The predicted octanol–water partition coefficient (Wildman–Crippen LogP) is 3.87. The van der Waals surface area contributed by atoms with Crippen molar-refractivity contribution in [3.63, 3.8) is 0 Å². The zero-order valence-electron chi connectivity index (χ0n) is 21.1. The Kier molecular flexibility index (Phi) is 10.9. The highest BCUT2D eigenvalue weighted by Crippen LogP contribution is 2.28. The molecule has 204 valence electrons. The molecule has 0 saturated heterocycles. The molecule has 9 nitrogen and oxygen atoms in total. The Morgan fingerprint density at radius 2 is 2.00 bits per heavy atom. The smallest absolute Gasteiger partial charge is 0.419 e. The van der Waals surface area contributed by atoms with Crippen molar-refractivity contribution in [3.8, 4) is 0 Å². The van der Waals surface area contributed by atoms with Gasteiger partial charge in [-0.15, -0.1) is 0 Å². The van der Waals surface area contributed by atoms with Gasteiger partial charge in [-0.3, -0.25) is 0 Å². The largest absolute Gasteiger partial charge is 0.480 e. The van der Waals surface area contributed by atoms with Crippen LogP contribution in [-0.2, 0) is 28.5 Å². The molecule has 3 heterocycles. The molecule has 0 spiro atoms. The highest BCUT2D eigenvalue weighted by Gasteiger charge is 2.31. The molecule has 0 aliphatic carbocycles. The molecule has 1 aliphatic rings. The molecule has 2 aromatic rings. The topological polar surface area (TPSA) is 113 Å². The molecule has 3 rings (SSSR count). The van der Waals surface area contributed by atoms with Crippen LogP contribution < -0.4 is 10.6 Å². The number of fused-ring (bicyclic) bond motifs is 1. The van der Waals surface area contributed by atoms with Crippen molar-refractivity contribution in [1.82, 2.24) is 19.9 Å². The number of rotatable bonds is 15. The third kappa shape index (κ3) is 9.43. The Balaban J connectivity index is 1.49. The van der Waals surface area contributed by atoms with Crippen LogP contribution in [0, 0.1) is 0 Å². The summed E-state index contributed by atoms with van der Waals surface area (Å²) in [7, 11) is 0. The molecule has 0 amide bonds. The van der Waals surface area contributed by atoms with Crippen LogP contribution in [0.2, 0.25) is 0 Å². The number of unbranched alkanes of at least 4 members (excludes halogenated alkanes) is 1. The third-order valence-corrected chi connectivity index (χ3v) is 6.18. The first kappa shape index (κ1) is 28.6. The number of nitrogens with one attached hydrogen (secondary N) is 2. The predicted molar refractivity (Wildman–Crippen MR) is 134 cm³/mol. The summed E-state index contributed by atoms with van der Waals surface area (Å²) in [6, 6.07) is 3.20. The average molecular weight is 525 g/mol. The van der Waals surface area contributed by atoms with Gasteiger partial charge in [0.05, 0.1) is 12.2 Å². The lowest BCUT2D eigenvalue weighted by molar-refractivity contribution is -0.139. The minimum atomic E-state index is -4.56. The van der Waals surface area contributed by atoms with Gasteiger partial charge in [0, 0.05) is 44.3 Å². The number of aryl methyl sites for hydroxylation is 2. The van der Waals surface area contributed by atoms with Crippen molar-refractivity contribution in [2.45, 2.75) is 57.7 Å². The van der Waals surface area contributed by atoms with Crippen molar-refractivity contribution < 1.29 is 27.8 Å². The Bertz CT molecular complexity index is 991. The van der Waals surface area contributed by atoms with Crippen LogP contribution in [0.4, 0.5) is 24.9 Å².